The van der Waals surface area contributed by atoms with Crippen molar-refractivity contribution in [1.82, 2.24) is 0 Å². The van der Waals surface area contributed by atoms with Crippen molar-refractivity contribution >= 4 is 29.1 Å². The number of anilines is 2. The van der Waals surface area contributed by atoms with Crippen LogP contribution in [0.1, 0.15) is 19.8 Å². The molecular weight excluding hydrogens is 268 g/mol. The molecule has 3 amide bonds. The van der Waals surface area contributed by atoms with Gasteiger partial charge < -0.3 is 5.32 Å². The van der Waals surface area contributed by atoms with E-state index in [-0.39, 0.29) is 29.6 Å². The van der Waals surface area contributed by atoms with Gasteiger partial charge in [-0.25, -0.2) is 4.90 Å². The van der Waals surface area contributed by atoms with E-state index in [1.165, 1.54) is 11.8 Å². The Morgan fingerprint density at radius 2 is 1.67 bits per heavy atom. The second-order valence-corrected chi connectivity index (χ2v) is 5.37. The molecule has 1 fully saturated rings. The highest BCUT2D eigenvalue weighted by atomic mass is 16.2. The minimum absolute atomic E-state index is 0.174. The van der Waals surface area contributed by atoms with Gasteiger partial charge in [0.05, 0.1) is 23.2 Å². The van der Waals surface area contributed by atoms with Crippen molar-refractivity contribution in [1.29, 1.82) is 0 Å². The number of carbonyl (C=O) groups excluding carboxylic acids is 3. The molecule has 1 aromatic carbocycles. The Bertz CT molecular complexity index is 625. The van der Waals surface area contributed by atoms with E-state index in [1.54, 1.807) is 24.3 Å². The van der Waals surface area contributed by atoms with E-state index < -0.39 is 0 Å². The lowest BCUT2D eigenvalue weighted by molar-refractivity contribution is -0.122. The Labute approximate surface area is 122 Å². The van der Waals surface area contributed by atoms with Gasteiger partial charge in [-0.05, 0) is 25.0 Å². The van der Waals surface area contributed by atoms with Gasteiger partial charge in [0.15, 0.2) is 0 Å². The molecular formula is C16H16N2O3. The SMILES string of the molecule is CC(=O)Nc1ccccc1N1C(=O)C2CC=CCC2C1=O. The summed E-state index contributed by atoms with van der Waals surface area (Å²) in [5.74, 6) is -1.12. The maximum absolute atomic E-state index is 12.5. The Morgan fingerprint density at radius 3 is 2.24 bits per heavy atom. The quantitative estimate of drug-likeness (QED) is 0.668. The maximum atomic E-state index is 12.5. The van der Waals surface area contributed by atoms with Gasteiger partial charge in [-0.2, -0.15) is 0 Å². The van der Waals surface area contributed by atoms with Crippen LogP contribution in [0.4, 0.5) is 11.4 Å². The fourth-order valence-electron chi connectivity index (χ4n) is 3.00. The minimum Gasteiger partial charge on any atom is -0.325 e. The van der Waals surface area contributed by atoms with Gasteiger partial charge in [0.2, 0.25) is 17.7 Å². The molecule has 1 saturated heterocycles. The van der Waals surface area contributed by atoms with Gasteiger partial charge in [-0.15, -0.1) is 0 Å². The van der Waals surface area contributed by atoms with Crippen molar-refractivity contribution < 1.29 is 14.4 Å². The molecule has 0 spiro atoms. The first-order valence-electron chi connectivity index (χ1n) is 6.99. The molecule has 5 nitrogen and oxygen atoms in total. The summed E-state index contributed by atoms with van der Waals surface area (Å²) in [5.41, 5.74) is 0.940. The molecule has 2 unspecified atom stereocenters. The number of fused-ring (bicyclic) bond motifs is 1. The Morgan fingerprint density at radius 1 is 1.10 bits per heavy atom. The fraction of sp³-hybridized carbons (Fsp3) is 0.312. The van der Waals surface area contributed by atoms with Gasteiger partial charge >= 0.3 is 0 Å². The van der Waals surface area contributed by atoms with Gasteiger partial charge in [0.1, 0.15) is 0 Å². The average molecular weight is 284 g/mol. The fourth-order valence-corrected chi connectivity index (χ4v) is 3.00. The average Bonchev–Trinajstić information content (AvgIpc) is 2.72. The van der Waals surface area contributed by atoms with Crippen molar-refractivity contribution in [3.05, 3.63) is 36.4 Å². The lowest BCUT2D eigenvalue weighted by Crippen LogP contribution is -2.31. The van der Waals surface area contributed by atoms with Gasteiger partial charge in [-0.3, -0.25) is 14.4 Å². The summed E-state index contributed by atoms with van der Waals surface area (Å²) in [4.78, 5) is 37.6. The van der Waals surface area contributed by atoms with E-state index in [0.29, 0.717) is 24.2 Å². The van der Waals surface area contributed by atoms with Crippen LogP contribution >= 0.6 is 0 Å². The van der Waals surface area contributed by atoms with Crippen LogP contribution in [0.5, 0.6) is 0 Å². The lowest BCUT2D eigenvalue weighted by Gasteiger charge is -2.18. The highest BCUT2D eigenvalue weighted by molar-refractivity contribution is 6.23. The third kappa shape index (κ3) is 2.24. The Kier molecular flexibility index (Phi) is 3.33. The number of allylic oxidation sites excluding steroid dienone is 2. The Hall–Kier alpha value is -2.43. The molecule has 2 atom stereocenters. The van der Waals surface area contributed by atoms with Crippen molar-refractivity contribution in [3.8, 4) is 0 Å². The highest BCUT2D eigenvalue weighted by Gasteiger charge is 2.48. The molecule has 21 heavy (non-hydrogen) atoms. The van der Waals surface area contributed by atoms with E-state index in [2.05, 4.69) is 5.32 Å². The molecule has 5 heteroatoms. The second-order valence-electron chi connectivity index (χ2n) is 5.37. The molecule has 1 N–H and O–H groups in total. The number of amides is 3. The molecule has 3 rings (SSSR count). The normalized spacial score (nSPS) is 24.1. The lowest BCUT2D eigenvalue weighted by atomic mass is 9.85. The van der Waals surface area contributed by atoms with Crippen LogP contribution in [-0.4, -0.2) is 17.7 Å². The van der Waals surface area contributed by atoms with E-state index >= 15 is 0 Å². The predicted molar refractivity (Wildman–Crippen MR) is 78.6 cm³/mol. The van der Waals surface area contributed by atoms with E-state index in [4.69, 9.17) is 0 Å². The number of para-hydroxylation sites is 2. The molecule has 2 aliphatic rings. The molecule has 1 aliphatic heterocycles. The van der Waals surface area contributed by atoms with Crippen LogP contribution in [0.15, 0.2) is 36.4 Å². The van der Waals surface area contributed by atoms with Crippen molar-refractivity contribution in [2.24, 2.45) is 11.8 Å². The topological polar surface area (TPSA) is 66.5 Å². The highest BCUT2D eigenvalue weighted by Crippen LogP contribution is 2.39. The number of benzene rings is 1. The Balaban J connectivity index is 1.99. The van der Waals surface area contributed by atoms with E-state index in [1.807, 2.05) is 12.2 Å². The minimum atomic E-state index is -0.270. The summed E-state index contributed by atoms with van der Waals surface area (Å²) in [6.07, 6.45) is 5.12. The molecule has 1 heterocycles. The molecule has 0 bridgehead atoms. The van der Waals surface area contributed by atoms with Crippen molar-refractivity contribution in [2.75, 3.05) is 10.2 Å². The van der Waals surface area contributed by atoms with Crippen LogP contribution in [-0.2, 0) is 14.4 Å². The molecule has 0 aromatic heterocycles. The zero-order valence-corrected chi connectivity index (χ0v) is 11.7. The predicted octanol–water partition coefficient (Wildman–Crippen LogP) is 2.10. The monoisotopic (exact) mass is 284 g/mol. The summed E-state index contributed by atoms with van der Waals surface area (Å²) in [7, 11) is 0. The van der Waals surface area contributed by atoms with Crippen LogP contribution in [0.2, 0.25) is 0 Å². The first-order valence-corrected chi connectivity index (χ1v) is 6.99. The third-order valence-corrected chi connectivity index (χ3v) is 3.96. The van der Waals surface area contributed by atoms with Gasteiger partial charge in [-0.1, -0.05) is 24.3 Å². The summed E-state index contributed by atoms with van der Waals surface area (Å²) in [6.45, 7) is 1.40. The molecule has 1 aliphatic carbocycles. The molecule has 0 radical (unpaired) electrons. The standard InChI is InChI=1S/C16H16N2O3/c1-10(19)17-13-8-4-5-9-14(13)18-15(20)11-6-2-3-7-12(11)16(18)21/h2-5,8-9,11-12H,6-7H2,1H3,(H,17,19). The number of carbonyl (C=O) groups is 3. The summed E-state index contributed by atoms with van der Waals surface area (Å²) in [6, 6.07) is 6.89. The zero-order valence-electron chi connectivity index (χ0n) is 11.7. The molecule has 0 saturated carbocycles. The molecule has 1 aromatic rings. The van der Waals surface area contributed by atoms with Crippen LogP contribution in [0.25, 0.3) is 0 Å². The second kappa shape index (κ2) is 5.16. The summed E-state index contributed by atoms with van der Waals surface area (Å²) >= 11 is 0. The number of rotatable bonds is 2. The van der Waals surface area contributed by atoms with E-state index in [0.717, 1.165) is 0 Å². The number of nitrogens with zero attached hydrogens (tertiary/aromatic N) is 1. The zero-order chi connectivity index (χ0) is 15.0. The third-order valence-electron chi connectivity index (χ3n) is 3.96. The van der Waals surface area contributed by atoms with Crippen LogP contribution in [0, 0.1) is 11.8 Å². The van der Waals surface area contributed by atoms with Crippen molar-refractivity contribution in [3.63, 3.8) is 0 Å². The van der Waals surface area contributed by atoms with E-state index in [9.17, 15) is 14.4 Å². The first kappa shape index (κ1) is 13.5. The van der Waals surface area contributed by atoms with Crippen LogP contribution < -0.4 is 10.2 Å². The molecule has 108 valence electrons. The largest absolute Gasteiger partial charge is 0.325 e. The number of imide groups is 1. The summed E-state index contributed by atoms with van der Waals surface area (Å²) < 4.78 is 0. The number of nitrogens with one attached hydrogen (secondary N) is 1. The summed E-state index contributed by atoms with van der Waals surface area (Å²) in [5, 5.41) is 2.67. The smallest absolute Gasteiger partial charge is 0.238 e. The number of hydrogen-bond donors (Lipinski definition) is 1. The van der Waals surface area contributed by atoms with Crippen LogP contribution in [0.3, 0.4) is 0 Å². The van der Waals surface area contributed by atoms with Crippen molar-refractivity contribution in [2.45, 2.75) is 19.8 Å². The van der Waals surface area contributed by atoms with Gasteiger partial charge in [0.25, 0.3) is 0 Å². The number of hydrogen-bond acceptors (Lipinski definition) is 3. The van der Waals surface area contributed by atoms with Gasteiger partial charge in [0, 0.05) is 6.92 Å². The first-order chi connectivity index (χ1) is 10.1. The maximum Gasteiger partial charge on any atom is 0.238 e.